The summed E-state index contributed by atoms with van der Waals surface area (Å²) in [6.07, 6.45) is -1.79. The molecule has 4 saturated carbocycles. The third-order valence-corrected chi connectivity index (χ3v) is 16.9. The molecular formula is C41H66O12. The molecule has 0 unspecified atom stereocenters. The van der Waals surface area contributed by atoms with E-state index in [1.54, 1.807) is 0 Å². The molecule has 0 aromatic rings. The molecule has 0 aromatic carbocycles. The first-order chi connectivity index (χ1) is 24.7. The maximum atomic E-state index is 13.0. The van der Waals surface area contributed by atoms with Crippen LogP contribution in [0.3, 0.4) is 0 Å². The Kier molecular flexibility index (Phi) is 10.2. The van der Waals surface area contributed by atoms with Crippen molar-refractivity contribution in [1.29, 1.82) is 0 Å². The fourth-order valence-electron chi connectivity index (χ4n) is 13.4. The van der Waals surface area contributed by atoms with Crippen molar-refractivity contribution < 1.29 is 59.5 Å². The molecule has 17 atom stereocenters. The van der Waals surface area contributed by atoms with Gasteiger partial charge in [0.05, 0.1) is 24.7 Å². The van der Waals surface area contributed by atoms with Gasteiger partial charge in [0.1, 0.15) is 42.7 Å². The second-order valence-electron chi connectivity index (χ2n) is 20.2. The van der Waals surface area contributed by atoms with Gasteiger partial charge in [0.2, 0.25) is 0 Å². The minimum Gasteiger partial charge on any atom is -0.481 e. The Balaban J connectivity index is 1.15. The normalized spacial score (nSPS) is 53.3. The van der Waals surface area contributed by atoms with E-state index >= 15 is 0 Å². The summed E-state index contributed by atoms with van der Waals surface area (Å²) in [5.74, 6) is 0.0980. The summed E-state index contributed by atoms with van der Waals surface area (Å²) >= 11 is 0. The van der Waals surface area contributed by atoms with Gasteiger partial charge in [-0.2, -0.15) is 0 Å². The zero-order valence-electron chi connectivity index (χ0n) is 32.7. The molecule has 12 heteroatoms. The quantitative estimate of drug-likeness (QED) is 0.155. The largest absolute Gasteiger partial charge is 0.481 e. The van der Waals surface area contributed by atoms with E-state index in [0.717, 1.165) is 57.8 Å². The van der Waals surface area contributed by atoms with Crippen molar-refractivity contribution in [3.05, 3.63) is 11.6 Å². The van der Waals surface area contributed by atoms with Crippen molar-refractivity contribution in [3.63, 3.8) is 0 Å². The highest BCUT2D eigenvalue weighted by Gasteiger charge is 2.69. The summed E-state index contributed by atoms with van der Waals surface area (Å²) in [5, 5.41) is 73.6. The molecule has 2 heterocycles. The van der Waals surface area contributed by atoms with Gasteiger partial charge in [-0.3, -0.25) is 4.79 Å². The van der Waals surface area contributed by atoms with Crippen LogP contribution in [0.5, 0.6) is 0 Å². The first kappa shape index (κ1) is 40.0. The number of ether oxygens (including phenoxy) is 4. The smallest absolute Gasteiger partial charge is 0.310 e. The maximum Gasteiger partial charge on any atom is 0.310 e. The van der Waals surface area contributed by atoms with Crippen LogP contribution in [0.4, 0.5) is 0 Å². The van der Waals surface area contributed by atoms with Gasteiger partial charge >= 0.3 is 5.97 Å². The lowest BCUT2D eigenvalue weighted by Crippen LogP contribution is -2.66. The molecule has 7 rings (SSSR count). The van der Waals surface area contributed by atoms with E-state index in [-0.39, 0.29) is 51.6 Å². The molecule has 7 N–H and O–H groups in total. The molecule has 0 spiro atoms. The van der Waals surface area contributed by atoms with Crippen LogP contribution in [0.25, 0.3) is 0 Å². The summed E-state index contributed by atoms with van der Waals surface area (Å²) in [6, 6.07) is 0. The zero-order valence-corrected chi connectivity index (χ0v) is 32.7. The SMILES string of the molecule is CC1(C)CC[C@]2(C(=O)O)CC[C@]3(C)C(=CC[C@@H]4[C@@]5(C)CC[C@H](O[C@@H]6O[C@H](CO)[C@@H](O)[C@H](O)[C@H]6O[C@@H]6OC[C@H](O)[C@H](O)[C@H]6O)C(C)(C)[C@@H]5CC[C@]43C)[C@@H]2C1. The molecule has 2 saturated heterocycles. The number of allylic oxidation sites excluding steroid dienone is 2. The molecule has 2 aliphatic heterocycles. The van der Waals surface area contributed by atoms with E-state index in [1.165, 1.54) is 5.57 Å². The van der Waals surface area contributed by atoms with Gasteiger partial charge in [-0.05, 0) is 109 Å². The van der Waals surface area contributed by atoms with Crippen LogP contribution in [0.1, 0.15) is 113 Å². The first-order valence-electron chi connectivity index (χ1n) is 20.2. The van der Waals surface area contributed by atoms with Crippen molar-refractivity contribution in [3.8, 4) is 0 Å². The van der Waals surface area contributed by atoms with Crippen molar-refractivity contribution in [2.75, 3.05) is 13.2 Å². The van der Waals surface area contributed by atoms with Crippen molar-refractivity contribution >= 4 is 5.97 Å². The molecular weight excluding hydrogens is 684 g/mol. The lowest BCUT2D eigenvalue weighted by atomic mass is 9.33. The number of carboxylic acids is 1. The molecule has 5 aliphatic carbocycles. The Hall–Kier alpha value is -1.19. The third kappa shape index (κ3) is 5.94. The second kappa shape index (κ2) is 13.5. The number of hydrogen-bond donors (Lipinski definition) is 7. The van der Waals surface area contributed by atoms with Crippen LogP contribution in [-0.2, 0) is 23.7 Å². The summed E-state index contributed by atoms with van der Waals surface area (Å²) in [5.41, 5.74) is 0.357. The number of carbonyl (C=O) groups is 1. The Morgan fingerprint density at radius 3 is 2.19 bits per heavy atom. The Bertz CT molecular complexity index is 1430. The molecule has 0 bridgehead atoms. The molecule has 12 nitrogen and oxygen atoms in total. The highest BCUT2D eigenvalue weighted by molar-refractivity contribution is 5.76. The van der Waals surface area contributed by atoms with Gasteiger partial charge in [0.25, 0.3) is 0 Å². The van der Waals surface area contributed by atoms with Crippen LogP contribution in [0, 0.1) is 50.2 Å². The fraction of sp³-hybridized carbons (Fsp3) is 0.927. The highest BCUT2D eigenvalue weighted by atomic mass is 16.8. The van der Waals surface area contributed by atoms with Gasteiger partial charge in [0.15, 0.2) is 12.6 Å². The Labute approximate surface area is 314 Å². The third-order valence-electron chi connectivity index (χ3n) is 16.9. The molecule has 7 aliphatic rings. The van der Waals surface area contributed by atoms with E-state index in [4.69, 9.17) is 18.9 Å². The molecule has 302 valence electrons. The van der Waals surface area contributed by atoms with E-state index in [1.807, 2.05) is 0 Å². The van der Waals surface area contributed by atoms with Gasteiger partial charge in [-0.15, -0.1) is 0 Å². The molecule has 53 heavy (non-hydrogen) atoms. The summed E-state index contributed by atoms with van der Waals surface area (Å²) in [7, 11) is 0. The average Bonchev–Trinajstić information content (AvgIpc) is 3.08. The number of aliphatic hydroxyl groups excluding tert-OH is 6. The van der Waals surface area contributed by atoms with Crippen molar-refractivity contribution in [2.24, 2.45) is 50.2 Å². The van der Waals surface area contributed by atoms with Crippen LogP contribution in [-0.4, -0.2) is 116 Å². The van der Waals surface area contributed by atoms with Crippen LogP contribution in [0.15, 0.2) is 11.6 Å². The van der Waals surface area contributed by atoms with E-state index in [2.05, 4.69) is 54.5 Å². The maximum absolute atomic E-state index is 13.0. The van der Waals surface area contributed by atoms with Gasteiger partial charge in [0, 0.05) is 0 Å². The number of aliphatic carboxylic acids is 1. The van der Waals surface area contributed by atoms with E-state index in [9.17, 15) is 40.5 Å². The number of rotatable bonds is 6. The Morgan fingerprint density at radius 2 is 1.51 bits per heavy atom. The minimum absolute atomic E-state index is 0.00263. The molecule has 6 fully saturated rings. The van der Waals surface area contributed by atoms with E-state index in [0.29, 0.717) is 12.3 Å². The van der Waals surface area contributed by atoms with Gasteiger partial charge < -0.3 is 54.7 Å². The molecule has 0 aromatic heterocycles. The monoisotopic (exact) mass is 750 g/mol. The molecule has 0 radical (unpaired) electrons. The second-order valence-corrected chi connectivity index (χ2v) is 20.2. The minimum atomic E-state index is -1.62. The lowest BCUT2D eigenvalue weighted by molar-refractivity contribution is -0.370. The standard InChI is InChI=1S/C41H66O12/c1-36(2)14-16-41(35(48)49)17-15-39(6)21(22(41)18-36)8-9-26-38(5)12-11-27(37(3,4)25(38)10-13-40(26,39)7)52-34-32(30(46)29(45)24(19-42)51-34)53-33-31(47)28(44)23(43)20-50-33/h8,22-34,42-47H,9-20H2,1-7H3,(H,48,49)/t22-,23-,24+,25-,26+,27-,28-,29+,30-,31+,32+,33-,34-,38-,39+,40+,41-/m0/s1. The van der Waals surface area contributed by atoms with Crippen LogP contribution < -0.4 is 0 Å². The predicted molar refractivity (Wildman–Crippen MR) is 192 cm³/mol. The summed E-state index contributed by atoms with van der Waals surface area (Å²) < 4.78 is 24.3. The molecule has 0 amide bonds. The van der Waals surface area contributed by atoms with Crippen molar-refractivity contribution in [2.45, 2.75) is 174 Å². The summed E-state index contributed by atoms with van der Waals surface area (Å²) in [4.78, 5) is 13.0. The number of aliphatic hydroxyl groups is 6. The van der Waals surface area contributed by atoms with Crippen LogP contribution in [0.2, 0.25) is 0 Å². The lowest BCUT2D eigenvalue weighted by Gasteiger charge is -2.71. The number of fused-ring (bicyclic) bond motifs is 7. The van der Waals surface area contributed by atoms with Crippen LogP contribution >= 0.6 is 0 Å². The number of hydrogen-bond acceptors (Lipinski definition) is 11. The summed E-state index contributed by atoms with van der Waals surface area (Å²) in [6.45, 7) is 15.6. The highest BCUT2D eigenvalue weighted by Crippen LogP contribution is 2.76. The first-order valence-corrected chi connectivity index (χ1v) is 20.2. The predicted octanol–water partition coefficient (Wildman–Crippen LogP) is 3.52. The van der Waals surface area contributed by atoms with Gasteiger partial charge in [-0.25, -0.2) is 0 Å². The topological polar surface area (TPSA) is 196 Å². The zero-order chi connectivity index (χ0) is 38.7. The Morgan fingerprint density at radius 1 is 0.811 bits per heavy atom. The van der Waals surface area contributed by atoms with E-state index < -0.39 is 73.3 Å². The van der Waals surface area contributed by atoms with Crippen molar-refractivity contribution in [1.82, 2.24) is 0 Å². The fourth-order valence-corrected chi connectivity index (χ4v) is 13.4. The average molecular weight is 751 g/mol. The number of carboxylic acid groups (broad SMARTS) is 1. The van der Waals surface area contributed by atoms with Gasteiger partial charge in [-0.1, -0.05) is 60.1 Å².